The summed E-state index contributed by atoms with van der Waals surface area (Å²) in [4.78, 5) is 3.89. The van der Waals surface area contributed by atoms with Gasteiger partial charge < -0.3 is 9.73 Å². The summed E-state index contributed by atoms with van der Waals surface area (Å²) in [6.45, 7) is 5.48. The van der Waals surface area contributed by atoms with Crippen LogP contribution >= 0.6 is 27.3 Å². The maximum Gasteiger partial charge on any atom is 0.122 e. The third-order valence-electron chi connectivity index (χ3n) is 4.11. The lowest BCUT2D eigenvalue weighted by atomic mass is 10.1. The van der Waals surface area contributed by atoms with Crippen molar-refractivity contribution in [2.45, 2.75) is 31.8 Å². The van der Waals surface area contributed by atoms with Crippen LogP contribution in [0.15, 0.2) is 38.7 Å². The van der Waals surface area contributed by atoms with Gasteiger partial charge >= 0.3 is 0 Å². The van der Waals surface area contributed by atoms with Crippen molar-refractivity contribution in [2.24, 2.45) is 0 Å². The van der Waals surface area contributed by atoms with Gasteiger partial charge in [-0.3, -0.25) is 4.90 Å². The Kier molecular flexibility index (Phi) is 5.16. The molecule has 1 aliphatic heterocycles. The molecule has 1 aliphatic rings. The highest BCUT2D eigenvalue weighted by molar-refractivity contribution is 9.10. The Bertz CT molecular complexity index is 548. The van der Waals surface area contributed by atoms with Crippen LogP contribution in [0.25, 0.3) is 0 Å². The van der Waals surface area contributed by atoms with E-state index < -0.39 is 0 Å². The molecule has 3 nitrogen and oxygen atoms in total. The van der Waals surface area contributed by atoms with E-state index in [2.05, 4.69) is 50.6 Å². The Hall–Kier alpha value is -0.620. The summed E-state index contributed by atoms with van der Waals surface area (Å²) in [5.74, 6) is 1.07. The molecular weight excluding hydrogens is 348 g/mol. The Labute approximate surface area is 138 Å². The van der Waals surface area contributed by atoms with Gasteiger partial charge in [0.25, 0.3) is 0 Å². The normalized spacial score (nSPS) is 19.0. The fraction of sp³-hybridized carbons (Fsp3) is 0.500. The van der Waals surface area contributed by atoms with Crippen molar-refractivity contribution in [2.75, 3.05) is 19.6 Å². The number of hydrogen-bond donors (Lipinski definition) is 1. The fourth-order valence-electron chi connectivity index (χ4n) is 2.94. The number of nitrogens with zero attached hydrogens (tertiary/aromatic N) is 1. The van der Waals surface area contributed by atoms with Gasteiger partial charge in [-0.05, 0) is 72.4 Å². The van der Waals surface area contributed by atoms with Crippen LogP contribution in [0.1, 0.15) is 42.5 Å². The van der Waals surface area contributed by atoms with Gasteiger partial charge in [0.05, 0.1) is 12.3 Å². The van der Waals surface area contributed by atoms with Crippen molar-refractivity contribution >= 4 is 27.3 Å². The van der Waals surface area contributed by atoms with Crippen molar-refractivity contribution in [1.29, 1.82) is 0 Å². The number of halogens is 1. The molecule has 0 amide bonds. The van der Waals surface area contributed by atoms with E-state index in [0.29, 0.717) is 12.1 Å². The largest absolute Gasteiger partial charge is 0.468 e. The van der Waals surface area contributed by atoms with E-state index in [-0.39, 0.29) is 0 Å². The molecular formula is C16H21BrN2OS. The second kappa shape index (κ2) is 7.09. The van der Waals surface area contributed by atoms with Gasteiger partial charge in [-0.1, -0.05) is 0 Å². The first-order valence-corrected chi connectivity index (χ1v) is 9.16. The topological polar surface area (TPSA) is 28.4 Å². The number of thiophene rings is 1. The van der Waals surface area contributed by atoms with Crippen molar-refractivity contribution in [3.05, 3.63) is 45.0 Å². The predicted molar refractivity (Wildman–Crippen MR) is 90.7 cm³/mol. The third kappa shape index (κ3) is 3.59. The molecule has 2 aromatic heterocycles. The number of hydrogen-bond acceptors (Lipinski definition) is 4. The summed E-state index contributed by atoms with van der Waals surface area (Å²) in [5.41, 5.74) is 0. The van der Waals surface area contributed by atoms with E-state index in [1.165, 1.54) is 35.3 Å². The molecule has 0 aromatic carbocycles. The second-order valence-corrected chi connectivity index (χ2v) is 7.34. The predicted octanol–water partition coefficient (Wildman–Crippen LogP) is 4.59. The molecule has 0 saturated carbocycles. The minimum Gasteiger partial charge on any atom is -0.468 e. The molecule has 2 atom stereocenters. The van der Waals surface area contributed by atoms with Gasteiger partial charge in [0.15, 0.2) is 0 Å². The highest BCUT2D eigenvalue weighted by atomic mass is 79.9. The van der Waals surface area contributed by atoms with E-state index in [9.17, 15) is 0 Å². The van der Waals surface area contributed by atoms with Crippen LogP contribution in [0.3, 0.4) is 0 Å². The molecule has 114 valence electrons. The maximum atomic E-state index is 5.67. The van der Waals surface area contributed by atoms with Gasteiger partial charge in [-0.15, -0.1) is 11.3 Å². The Balaban J connectivity index is 1.66. The summed E-state index contributed by atoms with van der Waals surface area (Å²) in [6, 6.07) is 6.87. The molecule has 2 aromatic rings. The monoisotopic (exact) mass is 368 g/mol. The maximum absolute atomic E-state index is 5.67. The highest BCUT2D eigenvalue weighted by Gasteiger charge is 2.26. The van der Waals surface area contributed by atoms with E-state index >= 15 is 0 Å². The Morgan fingerprint density at radius 3 is 2.81 bits per heavy atom. The third-order valence-corrected chi connectivity index (χ3v) is 6.16. The lowest BCUT2D eigenvalue weighted by molar-refractivity contribution is 0.206. The molecule has 0 aliphatic carbocycles. The van der Waals surface area contributed by atoms with Crippen molar-refractivity contribution in [3.63, 3.8) is 0 Å². The van der Waals surface area contributed by atoms with E-state index in [0.717, 1.165) is 12.3 Å². The summed E-state index contributed by atoms with van der Waals surface area (Å²) in [5, 5.41) is 5.80. The standard InChI is InChI=1S/C16H21BrN2OS/c1-12(16-13(17)6-10-21-16)18-11-14(15-5-4-9-20-15)19-7-2-3-8-19/h4-6,9-10,12,14,18H,2-3,7-8,11H2,1H3. The number of likely N-dealkylation sites (tertiary alicyclic amines) is 1. The van der Waals surface area contributed by atoms with Crippen LogP contribution in [0.2, 0.25) is 0 Å². The number of rotatable bonds is 6. The van der Waals surface area contributed by atoms with Gasteiger partial charge in [0.2, 0.25) is 0 Å². The minimum absolute atomic E-state index is 0.337. The average Bonchev–Trinajstić information content (AvgIpc) is 3.21. The SMILES string of the molecule is CC(NCC(c1ccco1)N1CCCC1)c1sccc1Br. The lowest BCUT2D eigenvalue weighted by Gasteiger charge is -2.27. The molecule has 1 saturated heterocycles. The second-order valence-electron chi connectivity index (χ2n) is 5.54. The van der Waals surface area contributed by atoms with E-state index in [4.69, 9.17) is 4.42 Å². The van der Waals surface area contributed by atoms with Crippen LogP contribution in [-0.2, 0) is 0 Å². The smallest absolute Gasteiger partial charge is 0.122 e. The van der Waals surface area contributed by atoms with Gasteiger partial charge in [0, 0.05) is 21.9 Å². The molecule has 1 N–H and O–H groups in total. The zero-order chi connectivity index (χ0) is 14.7. The summed E-state index contributed by atoms with van der Waals surface area (Å²) in [6.07, 6.45) is 4.37. The molecule has 21 heavy (non-hydrogen) atoms. The van der Waals surface area contributed by atoms with Gasteiger partial charge in [-0.25, -0.2) is 0 Å². The molecule has 3 rings (SSSR count). The first-order valence-electron chi connectivity index (χ1n) is 7.49. The summed E-state index contributed by atoms with van der Waals surface area (Å²) in [7, 11) is 0. The van der Waals surface area contributed by atoms with Crippen LogP contribution < -0.4 is 5.32 Å². The minimum atomic E-state index is 0.337. The molecule has 1 fully saturated rings. The first kappa shape index (κ1) is 15.3. The first-order chi connectivity index (χ1) is 10.3. The summed E-state index contributed by atoms with van der Waals surface area (Å²) >= 11 is 5.41. The van der Waals surface area contributed by atoms with E-state index in [1.54, 1.807) is 17.6 Å². The number of nitrogens with one attached hydrogen (secondary N) is 1. The highest BCUT2D eigenvalue weighted by Crippen LogP contribution is 2.30. The molecule has 2 unspecified atom stereocenters. The van der Waals surface area contributed by atoms with E-state index in [1.807, 2.05) is 6.07 Å². The van der Waals surface area contributed by atoms with Gasteiger partial charge in [0.1, 0.15) is 5.76 Å². The van der Waals surface area contributed by atoms with Gasteiger partial charge in [-0.2, -0.15) is 0 Å². The molecule has 3 heterocycles. The average molecular weight is 369 g/mol. The molecule has 0 bridgehead atoms. The van der Waals surface area contributed by atoms with Crippen molar-refractivity contribution < 1.29 is 4.42 Å². The van der Waals surface area contributed by atoms with Crippen LogP contribution in [0.4, 0.5) is 0 Å². The molecule has 5 heteroatoms. The zero-order valence-corrected chi connectivity index (χ0v) is 14.6. The Morgan fingerprint density at radius 1 is 1.38 bits per heavy atom. The quantitative estimate of drug-likeness (QED) is 0.807. The fourth-order valence-corrected chi connectivity index (χ4v) is 4.69. The zero-order valence-electron chi connectivity index (χ0n) is 12.2. The molecule has 0 radical (unpaired) electrons. The van der Waals surface area contributed by atoms with Crippen molar-refractivity contribution in [3.8, 4) is 0 Å². The van der Waals surface area contributed by atoms with Crippen LogP contribution in [0, 0.1) is 0 Å². The number of furan rings is 1. The van der Waals surface area contributed by atoms with Crippen molar-refractivity contribution in [1.82, 2.24) is 10.2 Å². The van der Waals surface area contributed by atoms with Crippen LogP contribution in [-0.4, -0.2) is 24.5 Å². The molecule has 0 spiro atoms. The summed E-state index contributed by atoms with van der Waals surface area (Å²) < 4.78 is 6.86. The lowest BCUT2D eigenvalue weighted by Crippen LogP contribution is -2.34. The van der Waals surface area contributed by atoms with Crippen LogP contribution in [0.5, 0.6) is 0 Å². The Morgan fingerprint density at radius 2 is 2.19 bits per heavy atom.